The van der Waals surface area contributed by atoms with E-state index in [0.29, 0.717) is 11.5 Å². The van der Waals surface area contributed by atoms with Crippen molar-refractivity contribution in [3.8, 4) is 11.1 Å². The van der Waals surface area contributed by atoms with Crippen molar-refractivity contribution in [2.24, 2.45) is 5.92 Å². The molecule has 0 spiro atoms. The van der Waals surface area contributed by atoms with E-state index in [1.165, 1.54) is 0 Å². The minimum absolute atomic E-state index is 0.0957. The third-order valence-corrected chi connectivity index (χ3v) is 2.80. The van der Waals surface area contributed by atoms with Crippen LogP contribution in [0.3, 0.4) is 0 Å². The lowest BCUT2D eigenvalue weighted by molar-refractivity contribution is 0.0689. The predicted octanol–water partition coefficient (Wildman–Crippen LogP) is 2.61. The number of aromatic nitrogens is 3. The van der Waals surface area contributed by atoms with Crippen LogP contribution in [0.4, 0.5) is 0 Å². The van der Waals surface area contributed by atoms with E-state index < -0.39 is 5.97 Å². The summed E-state index contributed by atoms with van der Waals surface area (Å²) in [5.41, 5.74) is 2.59. The lowest BCUT2D eigenvalue weighted by Gasteiger charge is -2.04. The lowest BCUT2D eigenvalue weighted by atomic mass is 10.1. The molecule has 5 nitrogen and oxygen atoms in total. The number of aromatic carboxylic acids is 1. The molecule has 0 amide bonds. The van der Waals surface area contributed by atoms with Crippen LogP contribution in [-0.2, 0) is 6.54 Å². The summed E-state index contributed by atoms with van der Waals surface area (Å²) in [5.74, 6) is -0.471. The number of carboxylic acids is 1. The van der Waals surface area contributed by atoms with E-state index in [1.807, 2.05) is 16.9 Å². The fraction of sp³-hybridized carbons (Fsp3) is 0.357. The molecule has 2 heterocycles. The fourth-order valence-corrected chi connectivity index (χ4v) is 1.94. The summed E-state index contributed by atoms with van der Waals surface area (Å²) < 4.78 is 1.89. The van der Waals surface area contributed by atoms with Crippen LogP contribution in [0.25, 0.3) is 11.1 Å². The quantitative estimate of drug-likeness (QED) is 0.916. The summed E-state index contributed by atoms with van der Waals surface area (Å²) in [7, 11) is 0. The van der Waals surface area contributed by atoms with Crippen LogP contribution >= 0.6 is 0 Å². The topological polar surface area (TPSA) is 68.0 Å². The maximum Gasteiger partial charge on any atom is 0.354 e. The summed E-state index contributed by atoms with van der Waals surface area (Å²) in [6.45, 7) is 6.88. The molecule has 0 unspecified atom stereocenters. The van der Waals surface area contributed by atoms with Crippen LogP contribution in [0.15, 0.2) is 24.7 Å². The van der Waals surface area contributed by atoms with E-state index in [9.17, 15) is 4.79 Å². The number of carbonyl (C=O) groups is 1. The number of hydrogen-bond acceptors (Lipinski definition) is 3. The zero-order valence-corrected chi connectivity index (χ0v) is 11.3. The Labute approximate surface area is 111 Å². The number of pyridine rings is 1. The maximum atomic E-state index is 10.9. The van der Waals surface area contributed by atoms with Gasteiger partial charge in [0, 0.05) is 30.1 Å². The van der Waals surface area contributed by atoms with Gasteiger partial charge in [-0.2, -0.15) is 5.10 Å². The minimum atomic E-state index is -1.00. The minimum Gasteiger partial charge on any atom is -0.477 e. The summed E-state index contributed by atoms with van der Waals surface area (Å²) in [4.78, 5) is 14.9. The molecule has 1 N–H and O–H groups in total. The Hall–Kier alpha value is -2.17. The van der Waals surface area contributed by atoms with Crippen LogP contribution in [0, 0.1) is 12.8 Å². The molecule has 2 aromatic heterocycles. The van der Waals surface area contributed by atoms with Gasteiger partial charge in [-0.3, -0.25) is 4.68 Å². The van der Waals surface area contributed by atoms with Gasteiger partial charge in [0.05, 0.1) is 6.20 Å². The van der Waals surface area contributed by atoms with E-state index in [1.54, 1.807) is 19.3 Å². The van der Waals surface area contributed by atoms with E-state index in [2.05, 4.69) is 23.9 Å². The first-order valence-corrected chi connectivity index (χ1v) is 6.20. The Morgan fingerprint density at radius 2 is 2.11 bits per heavy atom. The average molecular weight is 259 g/mol. The zero-order chi connectivity index (χ0) is 14.0. The zero-order valence-electron chi connectivity index (χ0n) is 11.3. The highest BCUT2D eigenvalue weighted by atomic mass is 16.4. The second-order valence-electron chi connectivity index (χ2n) is 5.04. The number of rotatable bonds is 4. The van der Waals surface area contributed by atoms with Gasteiger partial charge >= 0.3 is 5.97 Å². The fourth-order valence-electron chi connectivity index (χ4n) is 1.94. The highest BCUT2D eigenvalue weighted by Gasteiger charge is 2.11. The van der Waals surface area contributed by atoms with E-state index in [4.69, 9.17) is 5.11 Å². The van der Waals surface area contributed by atoms with Crippen LogP contribution in [0.5, 0.6) is 0 Å². The van der Waals surface area contributed by atoms with Gasteiger partial charge in [0.2, 0.25) is 0 Å². The Bertz CT molecular complexity index is 602. The molecule has 100 valence electrons. The lowest BCUT2D eigenvalue weighted by Crippen LogP contribution is -2.04. The molecule has 0 aliphatic heterocycles. The Balaban J connectivity index is 2.29. The molecular weight excluding hydrogens is 242 g/mol. The van der Waals surface area contributed by atoms with Crippen molar-refractivity contribution in [3.05, 3.63) is 35.9 Å². The van der Waals surface area contributed by atoms with Crippen molar-refractivity contribution in [1.82, 2.24) is 14.8 Å². The maximum absolute atomic E-state index is 10.9. The van der Waals surface area contributed by atoms with Gasteiger partial charge < -0.3 is 5.11 Å². The largest absolute Gasteiger partial charge is 0.477 e. The molecule has 0 radical (unpaired) electrons. The highest BCUT2D eigenvalue weighted by molar-refractivity contribution is 5.87. The molecule has 0 aromatic carbocycles. The summed E-state index contributed by atoms with van der Waals surface area (Å²) in [5, 5.41) is 13.2. The van der Waals surface area contributed by atoms with Crippen molar-refractivity contribution in [2.45, 2.75) is 27.3 Å². The Morgan fingerprint density at radius 1 is 1.37 bits per heavy atom. The molecule has 0 bridgehead atoms. The second-order valence-corrected chi connectivity index (χ2v) is 5.04. The smallest absolute Gasteiger partial charge is 0.354 e. The van der Waals surface area contributed by atoms with Gasteiger partial charge in [-0.05, 0) is 24.5 Å². The first kappa shape index (κ1) is 13.3. The molecular formula is C14H17N3O2. The molecule has 0 aliphatic carbocycles. The standard InChI is InChI=1S/C14H17N3O2/c1-9(2)7-17-8-12(6-16-17)11-4-10(3)13(14(18)19)15-5-11/h4-6,8-9H,7H2,1-3H3,(H,18,19). The Morgan fingerprint density at radius 3 is 2.68 bits per heavy atom. The molecule has 2 aromatic rings. The van der Waals surface area contributed by atoms with Gasteiger partial charge in [-0.15, -0.1) is 0 Å². The third kappa shape index (κ3) is 2.99. The number of carboxylic acid groups (broad SMARTS) is 1. The second kappa shape index (κ2) is 5.22. The van der Waals surface area contributed by atoms with Crippen LogP contribution < -0.4 is 0 Å². The normalized spacial score (nSPS) is 10.9. The number of hydrogen-bond donors (Lipinski definition) is 1. The molecule has 0 fully saturated rings. The summed E-state index contributed by atoms with van der Waals surface area (Å²) in [6.07, 6.45) is 5.31. The van der Waals surface area contributed by atoms with Crippen LogP contribution in [0.2, 0.25) is 0 Å². The van der Waals surface area contributed by atoms with Crippen molar-refractivity contribution < 1.29 is 9.90 Å². The van der Waals surface area contributed by atoms with Gasteiger partial charge in [0.1, 0.15) is 0 Å². The first-order valence-electron chi connectivity index (χ1n) is 6.20. The van der Waals surface area contributed by atoms with Crippen LogP contribution in [0.1, 0.15) is 29.9 Å². The van der Waals surface area contributed by atoms with Crippen LogP contribution in [-0.4, -0.2) is 25.8 Å². The molecule has 19 heavy (non-hydrogen) atoms. The first-order chi connectivity index (χ1) is 8.97. The summed E-state index contributed by atoms with van der Waals surface area (Å²) in [6, 6.07) is 1.83. The van der Waals surface area contributed by atoms with Gasteiger partial charge in [-0.1, -0.05) is 13.8 Å². The highest BCUT2D eigenvalue weighted by Crippen LogP contribution is 2.20. The number of nitrogens with zero attached hydrogens (tertiary/aromatic N) is 3. The van der Waals surface area contributed by atoms with E-state index >= 15 is 0 Å². The molecule has 2 rings (SSSR count). The van der Waals surface area contributed by atoms with Gasteiger partial charge in [-0.25, -0.2) is 9.78 Å². The molecule has 0 atom stereocenters. The Kier molecular flexibility index (Phi) is 3.64. The van der Waals surface area contributed by atoms with E-state index in [0.717, 1.165) is 17.7 Å². The molecule has 0 saturated heterocycles. The molecule has 0 saturated carbocycles. The van der Waals surface area contributed by atoms with E-state index in [-0.39, 0.29) is 5.69 Å². The van der Waals surface area contributed by atoms with Gasteiger partial charge in [0.25, 0.3) is 0 Å². The van der Waals surface area contributed by atoms with Crippen molar-refractivity contribution in [3.63, 3.8) is 0 Å². The monoisotopic (exact) mass is 259 g/mol. The van der Waals surface area contributed by atoms with Crippen molar-refractivity contribution >= 4 is 5.97 Å². The molecule has 0 aliphatic rings. The van der Waals surface area contributed by atoms with Crippen molar-refractivity contribution in [1.29, 1.82) is 0 Å². The van der Waals surface area contributed by atoms with Gasteiger partial charge in [0.15, 0.2) is 5.69 Å². The molecule has 5 heteroatoms. The van der Waals surface area contributed by atoms with Crippen molar-refractivity contribution in [2.75, 3.05) is 0 Å². The predicted molar refractivity (Wildman–Crippen MR) is 72.0 cm³/mol. The average Bonchev–Trinajstić information content (AvgIpc) is 2.75. The summed E-state index contributed by atoms with van der Waals surface area (Å²) >= 11 is 0. The third-order valence-electron chi connectivity index (χ3n) is 2.80. The SMILES string of the molecule is Cc1cc(-c2cnn(CC(C)C)c2)cnc1C(=O)O. The number of aryl methyl sites for hydroxylation is 1.